The van der Waals surface area contributed by atoms with E-state index in [2.05, 4.69) is 22.4 Å². The molecule has 0 saturated heterocycles. The molecule has 3 aromatic carbocycles. The largest absolute Gasteiger partial charge is 0.493 e. The standard InChI is InChI=1S/C29H24N2O3/c1-3-33-27-17-28-24(25(18-34-28)20-8-5-4-6-9-20)16-23(27)19(2)14-29(32)31-22-11-12-26-21(15-22)10-7-13-30-26/h4-18H,3H2,1-2H3,(H,31,32)/b19-14+. The minimum Gasteiger partial charge on any atom is -0.493 e. The maximum atomic E-state index is 12.8. The number of rotatable bonds is 6. The van der Waals surface area contributed by atoms with Crippen LogP contribution in [0.4, 0.5) is 5.69 Å². The van der Waals surface area contributed by atoms with Crippen LogP contribution in [0.5, 0.6) is 5.75 Å². The number of fused-ring (bicyclic) bond motifs is 2. The van der Waals surface area contributed by atoms with Gasteiger partial charge in [-0.1, -0.05) is 36.4 Å². The number of nitrogens with zero attached hydrogens (tertiary/aromatic N) is 1. The van der Waals surface area contributed by atoms with E-state index in [9.17, 15) is 4.79 Å². The van der Waals surface area contributed by atoms with Gasteiger partial charge in [-0.05, 0) is 55.3 Å². The lowest BCUT2D eigenvalue weighted by atomic mass is 9.99. The van der Waals surface area contributed by atoms with Gasteiger partial charge in [-0.2, -0.15) is 0 Å². The molecule has 5 heteroatoms. The van der Waals surface area contributed by atoms with Crippen LogP contribution in [-0.4, -0.2) is 17.5 Å². The Hall–Kier alpha value is -4.38. The number of amides is 1. The Kier molecular flexibility index (Phi) is 5.83. The number of hydrogen-bond acceptors (Lipinski definition) is 4. The third kappa shape index (κ3) is 4.28. The van der Waals surface area contributed by atoms with Gasteiger partial charge < -0.3 is 14.5 Å². The van der Waals surface area contributed by atoms with E-state index < -0.39 is 0 Å². The summed E-state index contributed by atoms with van der Waals surface area (Å²) in [7, 11) is 0. The summed E-state index contributed by atoms with van der Waals surface area (Å²) in [5.41, 5.74) is 6.07. The number of nitrogens with one attached hydrogen (secondary N) is 1. The number of ether oxygens (including phenoxy) is 1. The van der Waals surface area contributed by atoms with Crippen molar-refractivity contribution in [1.29, 1.82) is 0 Å². The molecule has 0 aliphatic carbocycles. The van der Waals surface area contributed by atoms with Crippen molar-refractivity contribution in [1.82, 2.24) is 4.98 Å². The van der Waals surface area contributed by atoms with Gasteiger partial charge in [0.2, 0.25) is 5.91 Å². The van der Waals surface area contributed by atoms with Crippen LogP contribution >= 0.6 is 0 Å². The van der Waals surface area contributed by atoms with E-state index in [0.29, 0.717) is 12.4 Å². The van der Waals surface area contributed by atoms with Crippen LogP contribution in [0.15, 0.2) is 95.7 Å². The maximum Gasteiger partial charge on any atom is 0.248 e. The number of carbonyl (C=O) groups is 1. The highest BCUT2D eigenvalue weighted by atomic mass is 16.5. The fourth-order valence-electron chi connectivity index (χ4n) is 4.09. The first-order valence-electron chi connectivity index (χ1n) is 11.2. The molecule has 0 spiro atoms. The second-order valence-electron chi connectivity index (χ2n) is 8.02. The fraction of sp³-hybridized carbons (Fsp3) is 0.103. The van der Waals surface area contributed by atoms with Crippen LogP contribution in [0.1, 0.15) is 19.4 Å². The second-order valence-corrected chi connectivity index (χ2v) is 8.02. The fourth-order valence-corrected chi connectivity index (χ4v) is 4.09. The highest BCUT2D eigenvalue weighted by Crippen LogP contribution is 2.37. The average molecular weight is 449 g/mol. The van der Waals surface area contributed by atoms with Gasteiger partial charge >= 0.3 is 0 Å². The Morgan fingerprint density at radius 1 is 1.06 bits per heavy atom. The summed E-state index contributed by atoms with van der Waals surface area (Å²) in [5, 5.41) is 4.90. The number of aromatic nitrogens is 1. The zero-order valence-corrected chi connectivity index (χ0v) is 19.0. The van der Waals surface area contributed by atoms with Crippen LogP contribution < -0.4 is 10.1 Å². The number of hydrogen-bond donors (Lipinski definition) is 1. The van der Waals surface area contributed by atoms with Gasteiger partial charge in [0.05, 0.1) is 18.4 Å². The number of allylic oxidation sites excluding steroid dienone is 1. The number of furan rings is 1. The Bertz CT molecular complexity index is 1520. The number of pyridine rings is 1. The summed E-state index contributed by atoms with van der Waals surface area (Å²) in [4.78, 5) is 17.2. The Morgan fingerprint density at radius 2 is 1.91 bits per heavy atom. The predicted molar refractivity (Wildman–Crippen MR) is 137 cm³/mol. The van der Waals surface area contributed by atoms with Gasteiger partial charge in [-0.3, -0.25) is 9.78 Å². The molecule has 5 rings (SSSR count). The molecule has 0 aliphatic heterocycles. The molecule has 1 amide bonds. The zero-order chi connectivity index (χ0) is 23.5. The zero-order valence-electron chi connectivity index (χ0n) is 19.0. The lowest BCUT2D eigenvalue weighted by Crippen LogP contribution is -2.08. The van der Waals surface area contributed by atoms with Crippen molar-refractivity contribution in [2.45, 2.75) is 13.8 Å². The smallest absolute Gasteiger partial charge is 0.248 e. The normalized spacial score (nSPS) is 11.6. The Balaban J connectivity index is 1.49. The molecule has 0 saturated carbocycles. The third-order valence-corrected chi connectivity index (χ3v) is 5.70. The molecule has 0 radical (unpaired) electrons. The predicted octanol–water partition coefficient (Wildman–Crippen LogP) is 7.09. The van der Waals surface area contributed by atoms with Crippen LogP contribution in [0.3, 0.4) is 0 Å². The van der Waals surface area contributed by atoms with Crippen molar-refractivity contribution < 1.29 is 13.9 Å². The molecule has 5 nitrogen and oxygen atoms in total. The SMILES string of the molecule is CCOc1cc2occ(-c3ccccc3)c2cc1/C(C)=C/C(=O)Nc1ccc2ncccc2c1. The van der Waals surface area contributed by atoms with Crippen molar-refractivity contribution in [3.05, 3.63) is 96.9 Å². The third-order valence-electron chi connectivity index (χ3n) is 5.70. The molecule has 0 atom stereocenters. The molecule has 5 aromatic rings. The highest BCUT2D eigenvalue weighted by molar-refractivity contribution is 6.06. The molecule has 0 fully saturated rings. The first-order valence-corrected chi connectivity index (χ1v) is 11.2. The molecule has 168 valence electrons. The molecule has 34 heavy (non-hydrogen) atoms. The van der Waals surface area contributed by atoms with E-state index in [-0.39, 0.29) is 5.91 Å². The van der Waals surface area contributed by atoms with Crippen molar-refractivity contribution in [3.63, 3.8) is 0 Å². The topological polar surface area (TPSA) is 64.4 Å². The molecular weight excluding hydrogens is 424 g/mol. The molecule has 1 N–H and O–H groups in total. The minimum atomic E-state index is -0.209. The van der Waals surface area contributed by atoms with E-state index in [1.165, 1.54) is 0 Å². The molecule has 2 heterocycles. The summed E-state index contributed by atoms with van der Waals surface area (Å²) < 4.78 is 11.7. The summed E-state index contributed by atoms with van der Waals surface area (Å²) in [6.07, 6.45) is 5.11. The quantitative estimate of drug-likeness (QED) is 0.282. The van der Waals surface area contributed by atoms with Gasteiger partial charge in [0.1, 0.15) is 11.3 Å². The average Bonchev–Trinajstić information content (AvgIpc) is 3.27. The monoisotopic (exact) mass is 448 g/mol. The number of carbonyl (C=O) groups excluding carboxylic acids is 1. The van der Waals surface area contributed by atoms with Gasteiger partial charge in [0.25, 0.3) is 0 Å². The minimum absolute atomic E-state index is 0.209. The van der Waals surface area contributed by atoms with Crippen LogP contribution in [0, 0.1) is 0 Å². The Morgan fingerprint density at radius 3 is 2.74 bits per heavy atom. The van der Waals surface area contributed by atoms with E-state index >= 15 is 0 Å². The van der Waals surface area contributed by atoms with E-state index in [1.54, 1.807) is 18.5 Å². The number of benzene rings is 3. The van der Waals surface area contributed by atoms with Crippen molar-refractivity contribution in [3.8, 4) is 16.9 Å². The summed E-state index contributed by atoms with van der Waals surface area (Å²) in [6, 6.07) is 23.5. The lowest BCUT2D eigenvalue weighted by Gasteiger charge is -2.12. The summed E-state index contributed by atoms with van der Waals surface area (Å²) in [6.45, 7) is 4.36. The van der Waals surface area contributed by atoms with Gasteiger partial charge in [0, 0.05) is 45.9 Å². The molecule has 0 unspecified atom stereocenters. The Labute approximate surface area is 197 Å². The maximum absolute atomic E-state index is 12.8. The van der Waals surface area contributed by atoms with E-state index in [4.69, 9.17) is 9.15 Å². The van der Waals surface area contributed by atoms with Crippen LogP contribution in [0.25, 0.3) is 38.6 Å². The van der Waals surface area contributed by atoms with Gasteiger partial charge in [-0.25, -0.2) is 0 Å². The summed E-state index contributed by atoms with van der Waals surface area (Å²) in [5.74, 6) is 0.473. The highest BCUT2D eigenvalue weighted by Gasteiger charge is 2.15. The first-order chi connectivity index (χ1) is 16.6. The molecule has 0 bridgehead atoms. The van der Waals surface area contributed by atoms with E-state index in [0.717, 1.165) is 49.8 Å². The van der Waals surface area contributed by atoms with Gasteiger partial charge in [-0.15, -0.1) is 0 Å². The molecular formula is C29H24N2O3. The van der Waals surface area contributed by atoms with Crippen LogP contribution in [0.2, 0.25) is 0 Å². The molecule has 0 aliphatic rings. The summed E-state index contributed by atoms with van der Waals surface area (Å²) >= 11 is 0. The number of anilines is 1. The van der Waals surface area contributed by atoms with Crippen molar-refractivity contribution in [2.24, 2.45) is 0 Å². The van der Waals surface area contributed by atoms with Gasteiger partial charge in [0.15, 0.2) is 0 Å². The lowest BCUT2D eigenvalue weighted by molar-refractivity contribution is -0.111. The van der Waals surface area contributed by atoms with E-state index in [1.807, 2.05) is 74.5 Å². The first kappa shape index (κ1) is 21.5. The van der Waals surface area contributed by atoms with Crippen molar-refractivity contribution >= 4 is 39.0 Å². The second kappa shape index (κ2) is 9.24. The van der Waals surface area contributed by atoms with Crippen molar-refractivity contribution in [2.75, 3.05) is 11.9 Å². The molecule has 2 aromatic heterocycles. The van der Waals surface area contributed by atoms with Crippen LogP contribution in [-0.2, 0) is 4.79 Å².